The monoisotopic (exact) mass is 289 g/mol. The zero-order valence-electron chi connectivity index (χ0n) is 12.2. The quantitative estimate of drug-likeness (QED) is 0.785. The molecule has 2 aromatic heterocycles. The zero-order chi connectivity index (χ0) is 15.1. The van der Waals surface area contributed by atoms with E-state index in [0.29, 0.717) is 6.54 Å². The molecule has 0 aliphatic rings. The minimum absolute atomic E-state index is 0.0564. The van der Waals surface area contributed by atoms with Crippen LogP contribution in [0.1, 0.15) is 19.4 Å². The second-order valence-electron chi connectivity index (χ2n) is 4.40. The number of rotatable bonds is 7. The van der Waals surface area contributed by atoms with Crippen molar-refractivity contribution in [1.29, 1.82) is 0 Å². The molecule has 0 bridgehead atoms. The fraction of sp³-hybridized carbons (Fsp3) is 0.462. The van der Waals surface area contributed by atoms with E-state index in [-0.39, 0.29) is 12.5 Å². The van der Waals surface area contributed by atoms with Gasteiger partial charge in [0.1, 0.15) is 12.4 Å². The highest BCUT2D eigenvalue weighted by molar-refractivity contribution is 5.75. The SMILES string of the molecule is CCN(CC)c1ncccc1CNC(=O)Cn1ncnn1. The smallest absolute Gasteiger partial charge is 0.243 e. The first-order chi connectivity index (χ1) is 10.2. The minimum atomic E-state index is -0.164. The van der Waals surface area contributed by atoms with Gasteiger partial charge in [0.25, 0.3) is 0 Å². The number of carbonyl (C=O) groups excluding carboxylic acids is 1. The number of carbonyl (C=O) groups is 1. The molecule has 2 heterocycles. The number of tetrazole rings is 1. The van der Waals surface area contributed by atoms with E-state index >= 15 is 0 Å². The molecule has 112 valence electrons. The van der Waals surface area contributed by atoms with Crippen molar-refractivity contribution in [2.75, 3.05) is 18.0 Å². The van der Waals surface area contributed by atoms with Gasteiger partial charge in [0.2, 0.25) is 5.91 Å². The summed E-state index contributed by atoms with van der Waals surface area (Å²) in [4.78, 5) is 19.6. The lowest BCUT2D eigenvalue weighted by molar-refractivity contribution is -0.122. The fourth-order valence-corrected chi connectivity index (χ4v) is 2.02. The maximum atomic E-state index is 11.8. The lowest BCUT2D eigenvalue weighted by Crippen LogP contribution is -2.30. The average Bonchev–Trinajstić information content (AvgIpc) is 3.00. The van der Waals surface area contributed by atoms with Crippen molar-refractivity contribution in [2.45, 2.75) is 26.9 Å². The largest absolute Gasteiger partial charge is 0.357 e. The highest BCUT2D eigenvalue weighted by atomic mass is 16.2. The summed E-state index contributed by atoms with van der Waals surface area (Å²) < 4.78 is 0. The number of hydrogen-bond acceptors (Lipinski definition) is 6. The van der Waals surface area contributed by atoms with Gasteiger partial charge in [0, 0.05) is 31.4 Å². The second-order valence-corrected chi connectivity index (χ2v) is 4.40. The van der Waals surface area contributed by atoms with Crippen LogP contribution >= 0.6 is 0 Å². The topological polar surface area (TPSA) is 88.8 Å². The van der Waals surface area contributed by atoms with E-state index in [1.54, 1.807) is 6.20 Å². The summed E-state index contributed by atoms with van der Waals surface area (Å²) in [5.41, 5.74) is 0.987. The van der Waals surface area contributed by atoms with E-state index in [1.165, 1.54) is 11.1 Å². The van der Waals surface area contributed by atoms with Crippen LogP contribution in [0.2, 0.25) is 0 Å². The van der Waals surface area contributed by atoms with Crippen LogP contribution in [-0.4, -0.2) is 44.2 Å². The number of anilines is 1. The first-order valence-corrected chi connectivity index (χ1v) is 6.90. The van der Waals surface area contributed by atoms with Crippen LogP contribution in [0.3, 0.4) is 0 Å². The normalized spacial score (nSPS) is 10.4. The van der Waals surface area contributed by atoms with Crippen LogP contribution < -0.4 is 10.2 Å². The highest BCUT2D eigenvalue weighted by Gasteiger charge is 2.11. The molecule has 0 saturated carbocycles. The molecule has 0 spiro atoms. The van der Waals surface area contributed by atoms with Crippen LogP contribution in [0.15, 0.2) is 24.7 Å². The molecule has 0 unspecified atom stereocenters. The lowest BCUT2D eigenvalue weighted by Gasteiger charge is -2.22. The Kier molecular flexibility index (Phi) is 5.19. The Balaban J connectivity index is 1.98. The van der Waals surface area contributed by atoms with Crippen molar-refractivity contribution in [3.05, 3.63) is 30.2 Å². The number of pyridine rings is 1. The summed E-state index contributed by atoms with van der Waals surface area (Å²) in [7, 11) is 0. The van der Waals surface area contributed by atoms with Gasteiger partial charge in [-0.1, -0.05) is 6.07 Å². The molecule has 0 aliphatic carbocycles. The maximum absolute atomic E-state index is 11.8. The van der Waals surface area contributed by atoms with Crippen LogP contribution in [0.4, 0.5) is 5.82 Å². The summed E-state index contributed by atoms with van der Waals surface area (Å²) in [6, 6.07) is 3.84. The number of hydrogen-bond donors (Lipinski definition) is 1. The predicted octanol–water partition coefficient (Wildman–Crippen LogP) is 0.231. The van der Waals surface area contributed by atoms with E-state index in [4.69, 9.17) is 0 Å². The summed E-state index contributed by atoms with van der Waals surface area (Å²) in [6.45, 7) is 6.39. The van der Waals surface area contributed by atoms with Gasteiger partial charge in [-0.05, 0) is 25.1 Å². The van der Waals surface area contributed by atoms with Crippen LogP contribution in [0.25, 0.3) is 0 Å². The zero-order valence-corrected chi connectivity index (χ0v) is 12.2. The minimum Gasteiger partial charge on any atom is -0.357 e. The van der Waals surface area contributed by atoms with Crippen molar-refractivity contribution in [3.63, 3.8) is 0 Å². The summed E-state index contributed by atoms with van der Waals surface area (Å²) >= 11 is 0. The van der Waals surface area contributed by atoms with Crippen molar-refractivity contribution in [3.8, 4) is 0 Å². The van der Waals surface area contributed by atoms with Gasteiger partial charge in [-0.2, -0.15) is 4.80 Å². The maximum Gasteiger partial charge on any atom is 0.243 e. The third kappa shape index (κ3) is 3.98. The first-order valence-electron chi connectivity index (χ1n) is 6.90. The van der Waals surface area contributed by atoms with Gasteiger partial charge in [0.15, 0.2) is 6.33 Å². The molecule has 2 rings (SSSR count). The first kappa shape index (κ1) is 14.9. The van der Waals surface area contributed by atoms with Gasteiger partial charge >= 0.3 is 0 Å². The molecular weight excluding hydrogens is 270 g/mol. The average molecular weight is 289 g/mol. The molecule has 0 radical (unpaired) electrons. The molecule has 0 atom stereocenters. The fourth-order valence-electron chi connectivity index (χ4n) is 2.02. The molecule has 8 nitrogen and oxygen atoms in total. The Morgan fingerprint density at radius 3 is 2.86 bits per heavy atom. The Hall–Kier alpha value is -2.51. The molecule has 2 aromatic rings. The lowest BCUT2D eigenvalue weighted by atomic mass is 10.2. The predicted molar refractivity (Wildman–Crippen MR) is 77.5 cm³/mol. The van der Waals surface area contributed by atoms with Gasteiger partial charge in [0.05, 0.1) is 0 Å². The Morgan fingerprint density at radius 2 is 2.19 bits per heavy atom. The molecule has 1 amide bonds. The van der Waals surface area contributed by atoms with Crippen LogP contribution in [-0.2, 0) is 17.9 Å². The van der Waals surface area contributed by atoms with E-state index in [1.807, 2.05) is 12.1 Å². The number of nitrogens with one attached hydrogen (secondary N) is 1. The molecular formula is C13H19N7O. The molecule has 8 heteroatoms. The van der Waals surface area contributed by atoms with Gasteiger partial charge in [-0.25, -0.2) is 4.98 Å². The van der Waals surface area contributed by atoms with Gasteiger partial charge < -0.3 is 10.2 Å². The van der Waals surface area contributed by atoms with Crippen LogP contribution in [0, 0.1) is 0 Å². The number of aromatic nitrogens is 5. The molecule has 1 N–H and O–H groups in total. The molecule has 0 saturated heterocycles. The Morgan fingerprint density at radius 1 is 1.38 bits per heavy atom. The molecule has 21 heavy (non-hydrogen) atoms. The molecule has 0 fully saturated rings. The van der Waals surface area contributed by atoms with Gasteiger partial charge in [-0.15, -0.1) is 10.2 Å². The van der Waals surface area contributed by atoms with E-state index in [9.17, 15) is 4.79 Å². The summed E-state index contributed by atoms with van der Waals surface area (Å²) in [5.74, 6) is 0.740. The Bertz CT molecular complexity index is 566. The summed E-state index contributed by atoms with van der Waals surface area (Å²) in [6.07, 6.45) is 3.06. The summed E-state index contributed by atoms with van der Waals surface area (Å²) in [5, 5.41) is 13.9. The highest BCUT2D eigenvalue weighted by Crippen LogP contribution is 2.16. The van der Waals surface area contributed by atoms with E-state index in [2.05, 4.69) is 44.5 Å². The Labute approximate surface area is 123 Å². The van der Waals surface area contributed by atoms with Crippen molar-refractivity contribution in [1.82, 2.24) is 30.5 Å². The molecule has 0 aliphatic heterocycles. The van der Waals surface area contributed by atoms with E-state index in [0.717, 1.165) is 24.5 Å². The van der Waals surface area contributed by atoms with Crippen LogP contribution in [0.5, 0.6) is 0 Å². The number of nitrogens with zero attached hydrogens (tertiary/aromatic N) is 6. The van der Waals surface area contributed by atoms with Crippen molar-refractivity contribution < 1.29 is 4.79 Å². The standard InChI is InChI=1S/C13H19N7O/c1-3-19(4-2)13-11(6-5-7-14-13)8-15-12(21)9-20-17-10-16-18-20/h5-7,10H,3-4,8-9H2,1-2H3,(H,15,21). The van der Waals surface area contributed by atoms with Gasteiger partial charge in [-0.3, -0.25) is 4.79 Å². The number of amides is 1. The van der Waals surface area contributed by atoms with Crippen molar-refractivity contribution >= 4 is 11.7 Å². The second kappa shape index (κ2) is 7.32. The third-order valence-corrected chi connectivity index (χ3v) is 3.08. The molecule has 0 aromatic carbocycles. The van der Waals surface area contributed by atoms with E-state index < -0.39 is 0 Å². The third-order valence-electron chi connectivity index (χ3n) is 3.08. The van der Waals surface area contributed by atoms with Crippen molar-refractivity contribution in [2.24, 2.45) is 0 Å².